The fraction of sp³-hybridized carbons (Fsp3) is 0.125. The van der Waals surface area contributed by atoms with Crippen LogP contribution in [0.15, 0.2) is 53.1 Å². The van der Waals surface area contributed by atoms with Crippen molar-refractivity contribution in [2.45, 2.75) is 13.8 Å². The van der Waals surface area contributed by atoms with Crippen molar-refractivity contribution in [1.29, 1.82) is 0 Å². The van der Waals surface area contributed by atoms with Crippen LogP contribution in [0.25, 0.3) is 11.4 Å². The van der Waals surface area contributed by atoms with Crippen LogP contribution in [0.5, 0.6) is 0 Å². The molecule has 0 saturated carbocycles. The zero-order chi connectivity index (χ0) is 13.9. The van der Waals surface area contributed by atoms with Gasteiger partial charge >= 0.3 is 6.01 Å². The quantitative estimate of drug-likeness (QED) is 0.774. The molecule has 0 bridgehead atoms. The van der Waals surface area contributed by atoms with Gasteiger partial charge in [-0.05, 0) is 37.6 Å². The summed E-state index contributed by atoms with van der Waals surface area (Å²) < 4.78 is 5.23. The number of benzene rings is 2. The van der Waals surface area contributed by atoms with Crippen LogP contribution in [-0.2, 0) is 0 Å². The molecule has 3 aromatic rings. The van der Waals surface area contributed by atoms with E-state index in [0.29, 0.717) is 11.8 Å². The van der Waals surface area contributed by atoms with Crippen molar-refractivity contribution in [1.82, 2.24) is 10.1 Å². The maximum atomic E-state index is 5.23. The molecule has 1 N–H and O–H groups in total. The number of aromatic nitrogens is 2. The summed E-state index contributed by atoms with van der Waals surface area (Å²) in [6.45, 7) is 4.08. The van der Waals surface area contributed by atoms with E-state index in [4.69, 9.17) is 4.52 Å². The molecule has 0 saturated heterocycles. The summed E-state index contributed by atoms with van der Waals surface area (Å²) in [6.07, 6.45) is 0. The van der Waals surface area contributed by atoms with E-state index in [9.17, 15) is 0 Å². The zero-order valence-electron chi connectivity index (χ0n) is 11.4. The van der Waals surface area contributed by atoms with E-state index < -0.39 is 0 Å². The Morgan fingerprint density at radius 1 is 0.950 bits per heavy atom. The van der Waals surface area contributed by atoms with Gasteiger partial charge in [-0.3, -0.25) is 0 Å². The summed E-state index contributed by atoms with van der Waals surface area (Å²) in [7, 11) is 0. The molecular weight excluding hydrogens is 250 g/mol. The molecular formula is C16H15N3O. The predicted octanol–water partition coefficient (Wildman–Crippen LogP) is 4.10. The highest BCUT2D eigenvalue weighted by Gasteiger charge is 2.08. The molecule has 100 valence electrons. The van der Waals surface area contributed by atoms with Gasteiger partial charge < -0.3 is 9.84 Å². The molecule has 20 heavy (non-hydrogen) atoms. The van der Waals surface area contributed by atoms with Crippen molar-refractivity contribution in [2.24, 2.45) is 0 Å². The van der Waals surface area contributed by atoms with Gasteiger partial charge in [-0.2, -0.15) is 4.98 Å². The average molecular weight is 265 g/mol. The largest absolute Gasteiger partial charge is 0.326 e. The molecule has 0 atom stereocenters. The summed E-state index contributed by atoms with van der Waals surface area (Å²) in [4.78, 5) is 4.36. The molecule has 0 unspecified atom stereocenters. The van der Waals surface area contributed by atoms with E-state index in [-0.39, 0.29) is 0 Å². The van der Waals surface area contributed by atoms with E-state index in [2.05, 4.69) is 15.5 Å². The van der Waals surface area contributed by atoms with Crippen LogP contribution in [0.1, 0.15) is 11.1 Å². The lowest BCUT2D eigenvalue weighted by Crippen LogP contribution is -1.90. The van der Waals surface area contributed by atoms with Gasteiger partial charge in [0.1, 0.15) is 0 Å². The second-order valence-corrected chi connectivity index (χ2v) is 4.79. The molecule has 4 heteroatoms. The molecule has 0 radical (unpaired) electrons. The standard InChI is InChI=1S/C16H15N3O/c1-11-5-3-7-13(9-11)15-18-16(20-19-15)17-14-8-4-6-12(2)10-14/h3-10H,1-2H3,(H,17,18,19). The first-order chi connectivity index (χ1) is 9.70. The van der Waals surface area contributed by atoms with Crippen LogP contribution >= 0.6 is 0 Å². The number of hydrogen-bond acceptors (Lipinski definition) is 4. The van der Waals surface area contributed by atoms with E-state index in [1.54, 1.807) is 0 Å². The van der Waals surface area contributed by atoms with Crippen LogP contribution in [0, 0.1) is 13.8 Å². The zero-order valence-corrected chi connectivity index (χ0v) is 11.4. The minimum Gasteiger partial charge on any atom is -0.315 e. The fourth-order valence-electron chi connectivity index (χ4n) is 2.02. The topological polar surface area (TPSA) is 51.0 Å². The van der Waals surface area contributed by atoms with Gasteiger partial charge in [-0.1, -0.05) is 41.1 Å². The Morgan fingerprint density at radius 3 is 2.45 bits per heavy atom. The third-order valence-electron chi connectivity index (χ3n) is 2.97. The molecule has 0 aliphatic heterocycles. The number of anilines is 2. The van der Waals surface area contributed by atoms with E-state index in [0.717, 1.165) is 11.3 Å². The normalized spacial score (nSPS) is 10.5. The molecule has 0 spiro atoms. The van der Waals surface area contributed by atoms with Crippen molar-refractivity contribution in [3.05, 3.63) is 59.7 Å². The van der Waals surface area contributed by atoms with Crippen LogP contribution in [0.3, 0.4) is 0 Å². The third-order valence-corrected chi connectivity index (χ3v) is 2.97. The van der Waals surface area contributed by atoms with Crippen LogP contribution in [-0.4, -0.2) is 10.1 Å². The summed E-state index contributed by atoms with van der Waals surface area (Å²) in [6, 6.07) is 16.4. The summed E-state index contributed by atoms with van der Waals surface area (Å²) in [5, 5.41) is 7.11. The molecule has 0 amide bonds. The summed E-state index contributed by atoms with van der Waals surface area (Å²) in [5.41, 5.74) is 4.23. The Hall–Kier alpha value is -2.62. The number of rotatable bonds is 3. The Morgan fingerprint density at radius 2 is 1.70 bits per heavy atom. The Labute approximate surface area is 117 Å². The number of nitrogens with one attached hydrogen (secondary N) is 1. The molecule has 2 aromatic carbocycles. The lowest BCUT2D eigenvalue weighted by atomic mass is 10.1. The van der Waals surface area contributed by atoms with E-state index in [1.165, 1.54) is 11.1 Å². The maximum absolute atomic E-state index is 5.23. The highest BCUT2D eigenvalue weighted by molar-refractivity contribution is 5.59. The van der Waals surface area contributed by atoms with E-state index >= 15 is 0 Å². The van der Waals surface area contributed by atoms with Gasteiger partial charge in [-0.25, -0.2) is 0 Å². The highest BCUT2D eigenvalue weighted by atomic mass is 16.5. The third kappa shape index (κ3) is 2.69. The van der Waals surface area contributed by atoms with Crippen molar-refractivity contribution < 1.29 is 4.52 Å². The molecule has 0 aliphatic rings. The summed E-state index contributed by atoms with van der Waals surface area (Å²) in [5.74, 6) is 0.587. The first-order valence-electron chi connectivity index (χ1n) is 6.45. The van der Waals surface area contributed by atoms with Crippen LogP contribution < -0.4 is 5.32 Å². The smallest absolute Gasteiger partial charge is 0.315 e. The molecule has 1 heterocycles. The minimum atomic E-state index is 0.395. The maximum Gasteiger partial charge on any atom is 0.326 e. The first kappa shape index (κ1) is 12.4. The van der Waals surface area contributed by atoms with Gasteiger partial charge in [0.05, 0.1) is 0 Å². The minimum absolute atomic E-state index is 0.395. The molecule has 0 fully saturated rings. The Bertz CT molecular complexity index is 734. The monoisotopic (exact) mass is 265 g/mol. The van der Waals surface area contributed by atoms with Crippen molar-refractivity contribution in [3.8, 4) is 11.4 Å². The molecule has 1 aromatic heterocycles. The summed E-state index contributed by atoms with van der Waals surface area (Å²) >= 11 is 0. The number of hydrogen-bond donors (Lipinski definition) is 1. The van der Waals surface area contributed by atoms with Crippen LogP contribution in [0.4, 0.5) is 11.7 Å². The Balaban J connectivity index is 1.84. The Kier molecular flexibility index (Phi) is 3.21. The van der Waals surface area contributed by atoms with Crippen molar-refractivity contribution in [3.63, 3.8) is 0 Å². The van der Waals surface area contributed by atoms with Gasteiger partial charge in [-0.15, -0.1) is 0 Å². The molecule has 3 rings (SSSR count). The van der Waals surface area contributed by atoms with Crippen molar-refractivity contribution >= 4 is 11.7 Å². The lowest BCUT2D eigenvalue weighted by Gasteiger charge is -2.01. The first-order valence-corrected chi connectivity index (χ1v) is 6.45. The molecule has 0 aliphatic carbocycles. The molecule has 4 nitrogen and oxygen atoms in total. The fourth-order valence-corrected chi connectivity index (χ4v) is 2.02. The van der Waals surface area contributed by atoms with Crippen LogP contribution in [0.2, 0.25) is 0 Å². The predicted molar refractivity (Wildman–Crippen MR) is 78.9 cm³/mol. The van der Waals surface area contributed by atoms with Gasteiger partial charge in [0, 0.05) is 11.3 Å². The highest BCUT2D eigenvalue weighted by Crippen LogP contribution is 2.21. The second kappa shape index (κ2) is 5.17. The van der Waals surface area contributed by atoms with Gasteiger partial charge in [0.15, 0.2) is 0 Å². The SMILES string of the molecule is Cc1cccc(Nc2nc(-c3cccc(C)c3)no2)c1. The van der Waals surface area contributed by atoms with Crippen molar-refractivity contribution in [2.75, 3.05) is 5.32 Å². The van der Waals surface area contributed by atoms with Gasteiger partial charge in [0.25, 0.3) is 0 Å². The van der Waals surface area contributed by atoms with E-state index in [1.807, 2.05) is 62.4 Å². The average Bonchev–Trinajstić information content (AvgIpc) is 2.87. The lowest BCUT2D eigenvalue weighted by molar-refractivity contribution is 0.435. The van der Waals surface area contributed by atoms with Gasteiger partial charge in [0.2, 0.25) is 5.82 Å². The second-order valence-electron chi connectivity index (χ2n) is 4.79. The number of aryl methyl sites for hydroxylation is 2. The number of nitrogens with zero attached hydrogens (tertiary/aromatic N) is 2.